The van der Waals surface area contributed by atoms with Gasteiger partial charge in [-0.25, -0.2) is 9.78 Å². The maximum absolute atomic E-state index is 12.7. The monoisotopic (exact) mass is 389 g/mol. The van der Waals surface area contributed by atoms with Crippen LogP contribution in [0, 0.1) is 6.92 Å². The summed E-state index contributed by atoms with van der Waals surface area (Å²) in [6.07, 6.45) is 1.64. The van der Waals surface area contributed by atoms with E-state index in [1.54, 1.807) is 37.4 Å². The average molecular weight is 389 g/mol. The Morgan fingerprint density at radius 3 is 2.62 bits per heavy atom. The number of aryl methyl sites for hydroxylation is 1. The summed E-state index contributed by atoms with van der Waals surface area (Å²) in [6.45, 7) is 7.22. The molecular weight excluding hydrogens is 370 g/mol. The fourth-order valence-corrected chi connectivity index (χ4v) is 3.47. The SMILES string of the molecule is C=C1c2ccccc2C(=O)N1[C@H](C)C(=O)OCc1cc(=O)n2cccc(C)c2n1. The van der Waals surface area contributed by atoms with E-state index in [9.17, 15) is 14.4 Å². The Morgan fingerprint density at radius 2 is 1.90 bits per heavy atom. The van der Waals surface area contributed by atoms with Crippen molar-refractivity contribution in [3.8, 4) is 0 Å². The van der Waals surface area contributed by atoms with Crippen LogP contribution in [0.4, 0.5) is 0 Å². The average Bonchev–Trinajstić information content (AvgIpc) is 2.97. The first-order valence-corrected chi connectivity index (χ1v) is 9.15. The highest BCUT2D eigenvalue weighted by molar-refractivity contribution is 6.10. The second-order valence-corrected chi connectivity index (χ2v) is 6.92. The number of hydrogen-bond acceptors (Lipinski definition) is 5. The molecule has 0 radical (unpaired) electrons. The lowest BCUT2D eigenvalue weighted by Crippen LogP contribution is -2.39. The molecule has 146 valence electrons. The molecule has 0 spiro atoms. The van der Waals surface area contributed by atoms with E-state index in [-0.39, 0.29) is 18.1 Å². The Labute approximate surface area is 166 Å². The van der Waals surface area contributed by atoms with Crippen molar-refractivity contribution in [2.24, 2.45) is 0 Å². The molecule has 1 aliphatic rings. The van der Waals surface area contributed by atoms with Crippen LogP contribution >= 0.6 is 0 Å². The number of pyridine rings is 1. The van der Waals surface area contributed by atoms with Crippen molar-refractivity contribution >= 4 is 23.2 Å². The molecule has 7 nitrogen and oxygen atoms in total. The van der Waals surface area contributed by atoms with E-state index in [0.717, 1.165) is 5.56 Å². The minimum absolute atomic E-state index is 0.162. The lowest BCUT2D eigenvalue weighted by Gasteiger charge is -2.23. The lowest BCUT2D eigenvalue weighted by molar-refractivity contribution is -0.148. The van der Waals surface area contributed by atoms with E-state index < -0.39 is 12.0 Å². The van der Waals surface area contributed by atoms with Crippen LogP contribution in [0.1, 0.15) is 34.1 Å². The zero-order chi connectivity index (χ0) is 20.7. The van der Waals surface area contributed by atoms with Crippen LogP contribution in [0.2, 0.25) is 0 Å². The first kappa shape index (κ1) is 18.6. The summed E-state index contributed by atoms with van der Waals surface area (Å²) >= 11 is 0. The van der Waals surface area contributed by atoms with Crippen LogP contribution in [0.5, 0.6) is 0 Å². The number of aromatic nitrogens is 2. The fourth-order valence-electron chi connectivity index (χ4n) is 3.47. The molecule has 29 heavy (non-hydrogen) atoms. The molecule has 3 aromatic rings. The van der Waals surface area contributed by atoms with E-state index in [0.29, 0.717) is 28.2 Å². The Hall–Kier alpha value is -3.74. The molecule has 0 fully saturated rings. The predicted molar refractivity (Wildman–Crippen MR) is 107 cm³/mol. The zero-order valence-corrected chi connectivity index (χ0v) is 16.1. The largest absolute Gasteiger partial charge is 0.458 e. The number of benzene rings is 1. The Bertz CT molecular complexity index is 1190. The first-order chi connectivity index (χ1) is 13.9. The molecule has 0 bridgehead atoms. The van der Waals surface area contributed by atoms with Crippen LogP contribution in [0.3, 0.4) is 0 Å². The maximum atomic E-state index is 12.7. The van der Waals surface area contributed by atoms with Gasteiger partial charge in [-0.1, -0.05) is 30.8 Å². The summed E-state index contributed by atoms with van der Waals surface area (Å²) < 4.78 is 6.79. The van der Waals surface area contributed by atoms with Crippen molar-refractivity contribution in [3.05, 3.63) is 88.0 Å². The minimum atomic E-state index is -0.856. The number of nitrogens with zero attached hydrogens (tertiary/aromatic N) is 3. The second-order valence-electron chi connectivity index (χ2n) is 6.92. The number of hydrogen-bond donors (Lipinski definition) is 0. The first-order valence-electron chi connectivity index (χ1n) is 9.15. The highest BCUT2D eigenvalue weighted by Crippen LogP contribution is 2.33. The smallest absolute Gasteiger partial charge is 0.329 e. The highest BCUT2D eigenvalue weighted by Gasteiger charge is 2.37. The number of carbonyl (C=O) groups excluding carboxylic acids is 2. The topological polar surface area (TPSA) is 81.0 Å². The molecular formula is C22H19N3O4. The van der Waals surface area contributed by atoms with Crippen molar-refractivity contribution in [3.63, 3.8) is 0 Å². The van der Waals surface area contributed by atoms with E-state index in [4.69, 9.17) is 4.74 Å². The molecule has 1 amide bonds. The normalized spacial score (nSPS) is 14.2. The van der Waals surface area contributed by atoms with Gasteiger partial charge in [-0.2, -0.15) is 0 Å². The van der Waals surface area contributed by atoms with Gasteiger partial charge in [-0.15, -0.1) is 0 Å². The molecule has 2 aromatic heterocycles. The van der Waals surface area contributed by atoms with Crippen LogP contribution in [0.25, 0.3) is 11.3 Å². The standard InChI is InChI=1S/C22H19N3O4/c1-13-7-6-10-24-19(26)11-16(23-20(13)24)12-29-22(28)15(3)25-14(2)17-8-4-5-9-18(17)21(25)27/h4-11,15H,2,12H2,1,3H3/t15-/m1/s1. The van der Waals surface area contributed by atoms with Crippen molar-refractivity contribution in [2.75, 3.05) is 0 Å². The number of amides is 1. The van der Waals surface area contributed by atoms with Gasteiger partial charge in [0, 0.05) is 29.1 Å². The number of rotatable bonds is 4. The highest BCUT2D eigenvalue weighted by atomic mass is 16.5. The summed E-state index contributed by atoms with van der Waals surface area (Å²) in [5, 5.41) is 0. The number of esters is 1. The third kappa shape index (κ3) is 3.10. The summed E-state index contributed by atoms with van der Waals surface area (Å²) in [5.41, 5.74) is 3.12. The number of carbonyl (C=O) groups is 2. The Kier molecular flexibility index (Phi) is 4.50. The molecule has 7 heteroatoms. The number of ether oxygens (including phenoxy) is 1. The summed E-state index contributed by atoms with van der Waals surface area (Å²) in [6, 6.07) is 11.2. The van der Waals surface area contributed by atoms with E-state index in [1.165, 1.54) is 15.4 Å². The van der Waals surface area contributed by atoms with Gasteiger partial charge in [0.05, 0.1) is 5.69 Å². The van der Waals surface area contributed by atoms with Crippen LogP contribution < -0.4 is 5.56 Å². The van der Waals surface area contributed by atoms with Gasteiger partial charge in [0.1, 0.15) is 18.3 Å². The van der Waals surface area contributed by atoms with Crippen molar-refractivity contribution < 1.29 is 14.3 Å². The van der Waals surface area contributed by atoms with E-state index >= 15 is 0 Å². The maximum Gasteiger partial charge on any atom is 0.329 e. The third-order valence-electron chi connectivity index (χ3n) is 5.01. The van der Waals surface area contributed by atoms with Crippen molar-refractivity contribution in [1.82, 2.24) is 14.3 Å². The summed E-state index contributed by atoms with van der Waals surface area (Å²) in [5.74, 6) is -0.883. The van der Waals surface area contributed by atoms with E-state index in [2.05, 4.69) is 11.6 Å². The van der Waals surface area contributed by atoms with Gasteiger partial charge in [-0.05, 0) is 31.5 Å². The van der Waals surface area contributed by atoms with Crippen LogP contribution in [-0.2, 0) is 16.1 Å². The zero-order valence-electron chi connectivity index (χ0n) is 16.1. The predicted octanol–water partition coefficient (Wildman–Crippen LogP) is 2.56. The molecule has 3 heterocycles. The lowest BCUT2D eigenvalue weighted by atomic mass is 10.1. The quantitative estimate of drug-likeness (QED) is 0.641. The van der Waals surface area contributed by atoms with Gasteiger partial charge in [-0.3, -0.25) is 18.9 Å². The molecule has 4 rings (SSSR count). The molecule has 1 atom stereocenters. The molecule has 1 aliphatic heterocycles. The second kappa shape index (κ2) is 7.01. The third-order valence-corrected chi connectivity index (χ3v) is 5.01. The molecule has 0 saturated heterocycles. The van der Waals surface area contributed by atoms with Gasteiger partial charge in [0.2, 0.25) is 0 Å². The fraction of sp³-hybridized carbons (Fsp3) is 0.182. The molecule has 0 aliphatic carbocycles. The van der Waals surface area contributed by atoms with Gasteiger partial charge in [0.25, 0.3) is 11.5 Å². The van der Waals surface area contributed by atoms with Crippen LogP contribution in [-0.4, -0.2) is 32.2 Å². The Balaban J connectivity index is 1.51. The molecule has 0 N–H and O–H groups in total. The Morgan fingerprint density at radius 1 is 1.17 bits per heavy atom. The van der Waals surface area contributed by atoms with Gasteiger partial charge < -0.3 is 4.74 Å². The summed E-state index contributed by atoms with van der Waals surface area (Å²) in [7, 11) is 0. The minimum Gasteiger partial charge on any atom is -0.458 e. The molecule has 0 saturated carbocycles. The van der Waals surface area contributed by atoms with Crippen LogP contribution in [0.15, 0.2) is 60.0 Å². The molecule has 0 unspecified atom stereocenters. The number of fused-ring (bicyclic) bond motifs is 2. The van der Waals surface area contributed by atoms with Gasteiger partial charge >= 0.3 is 5.97 Å². The van der Waals surface area contributed by atoms with Crippen molar-refractivity contribution in [1.29, 1.82) is 0 Å². The van der Waals surface area contributed by atoms with E-state index in [1.807, 2.05) is 19.1 Å². The molecule has 1 aromatic carbocycles. The van der Waals surface area contributed by atoms with Crippen molar-refractivity contribution in [2.45, 2.75) is 26.5 Å². The summed E-state index contributed by atoms with van der Waals surface area (Å²) in [4.78, 5) is 43.3. The van der Waals surface area contributed by atoms with Gasteiger partial charge in [0.15, 0.2) is 0 Å².